The second-order valence-electron chi connectivity index (χ2n) is 7.73. The van der Waals surface area contributed by atoms with Gasteiger partial charge in [0.15, 0.2) is 0 Å². The number of nitrogens with zero attached hydrogens (tertiary/aromatic N) is 3. The van der Waals surface area contributed by atoms with Crippen LogP contribution in [-0.4, -0.2) is 60.0 Å². The lowest BCUT2D eigenvalue weighted by atomic mass is 9.86. The second-order valence-corrected chi connectivity index (χ2v) is 8.14. The minimum atomic E-state index is 0.256. The standard InChI is InChI=1S/C19H31ClN4O2/c1-22-14-17(20)18(21-22)15-24(8-7-23-9-11-26-12-10-23)19(25)13-16-5-3-2-4-6-16/h14,16H,2-13,15H2,1H3/p+1. The molecule has 0 radical (unpaired) electrons. The molecule has 1 N–H and O–H groups in total. The molecule has 2 fully saturated rings. The van der Waals surface area contributed by atoms with Crippen LogP contribution in [0.3, 0.4) is 0 Å². The first-order valence-corrected chi connectivity index (χ1v) is 10.4. The number of rotatable bonds is 7. The number of nitrogens with one attached hydrogen (secondary N) is 1. The van der Waals surface area contributed by atoms with E-state index in [4.69, 9.17) is 16.3 Å². The van der Waals surface area contributed by atoms with Crippen LogP contribution in [0.4, 0.5) is 0 Å². The topological polar surface area (TPSA) is 51.8 Å². The Morgan fingerprint density at radius 2 is 2.08 bits per heavy atom. The molecule has 3 rings (SSSR count). The van der Waals surface area contributed by atoms with Crippen LogP contribution in [0.2, 0.25) is 5.02 Å². The van der Waals surface area contributed by atoms with E-state index in [0.717, 1.165) is 45.1 Å². The van der Waals surface area contributed by atoms with E-state index in [9.17, 15) is 4.79 Å². The highest BCUT2D eigenvalue weighted by Crippen LogP contribution is 2.27. The Kier molecular flexibility index (Phi) is 7.34. The zero-order chi connectivity index (χ0) is 18.4. The Balaban J connectivity index is 1.61. The van der Waals surface area contributed by atoms with Crippen molar-refractivity contribution in [2.24, 2.45) is 13.0 Å². The number of carbonyl (C=O) groups is 1. The number of hydrogen-bond donors (Lipinski definition) is 1. The Bertz CT molecular complexity index is 580. The summed E-state index contributed by atoms with van der Waals surface area (Å²) in [7, 11) is 1.86. The van der Waals surface area contributed by atoms with Gasteiger partial charge in [-0.25, -0.2) is 0 Å². The Labute approximate surface area is 161 Å². The van der Waals surface area contributed by atoms with Crippen LogP contribution in [0, 0.1) is 5.92 Å². The molecule has 1 aromatic rings. The lowest BCUT2D eigenvalue weighted by Crippen LogP contribution is -3.14. The number of morpholine rings is 1. The molecule has 26 heavy (non-hydrogen) atoms. The number of amides is 1. The lowest BCUT2D eigenvalue weighted by Gasteiger charge is -2.29. The zero-order valence-electron chi connectivity index (χ0n) is 15.9. The van der Waals surface area contributed by atoms with Crippen LogP contribution < -0.4 is 4.90 Å². The molecule has 2 heterocycles. The molecular weight excluding hydrogens is 352 g/mol. The van der Waals surface area contributed by atoms with Gasteiger partial charge in [-0.15, -0.1) is 0 Å². The molecule has 1 saturated carbocycles. The van der Waals surface area contributed by atoms with Crippen molar-refractivity contribution in [3.63, 3.8) is 0 Å². The van der Waals surface area contributed by atoms with Gasteiger partial charge in [-0.3, -0.25) is 9.48 Å². The summed E-state index contributed by atoms with van der Waals surface area (Å²) in [4.78, 5) is 16.5. The van der Waals surface area contributed by atoms with Gasteiger partial charge >= 0.3 is 0 Å². The summed E-state index contributed by atoms with van der Waals surface area (Å²) in [5.41, 5.74) is 0.795. The first-order chi connectivity index (χ1) is 12.6. The maximum atomic E-state index is 13.0. The number of halogens is 1. The fourth-order valence-electron chi connectivity index (χ4n) is 4.06. The Morgan fingerprint density at radius 1 is 1.35 bits per heavy atom. The number of carbonyl (C=O) groups excluding carboxylic acids is 1. The number of aryl methyl sites for hydroxylation is 1. The van der Waals surface area contributed by atoms with Crippen molar-refractivity contribution in [1.82, 2.24) is 14.7 Å². The molecule has 1 amide bonds. The summed E-state index contributed by atoms with van der Waals surface area (Å²) < 4.78 is 7.15. The summed E-state index contributed by atoms with van der Waals surface area (Å²) in [6.45, 7) is 5.91. The van der Waals surface area contributed by atoms with Crippen LogP contribution in [-0.2, 0) is 23.1 Å². The van der Waals surface area contributed by atoms with Crippen molar-refractivity contribution >= 4 is 17.5 Å². The summed E-state index contributed by atoms with van der Waals surface area (Å²) in [5.74, 6) is 0.806. The SMILES string of the molecule is Cn1cc(Cl)c(CN(CC[NH+]2CCOCC2)C(=O)CC2CCCCC2)n1. The van der Waals surface area contributed by atoms with E-state index in [2.05, 4.69) is 5.10 Å². The van der Waals surface area contributed by atoms with E-state index in [-0.39, 0.29) is 5.91 Å². The lowest BCUT2D eigenvalue weighted by molar-refractivity contribution is -0.907. The van der Waals surface area contributed by atoms with Gasteiger partial charge in [0, 0.05) is 19.7 Å². The molecule has 0 atom stereocenters. The van der Waals surface area contributed by atoms with E-state index < -0.39 is 0 Å². The summed E-state index contributed by atoms with van der Waals surface area (Å²) in [5, 5.41) is 5.08. The fraction of sp³-hybridized carbons (Fsp3) is 0.789. The average Bonchev–Trinajstić information content (AvgIpc) is 2.97. The highest BCUT2D eigenvalue weighted by Gasteiger charge is 2.24. The molecule has 1 saturated heterocycles. The quantitative estimate of drug-likeness (QED) is 0.771. The molecular formula is C19H32ClN4O2+. The van der Waals surface area contributed by atoms with Gasteiger partial charge in [0.2, 0.25) is 5.91 Å². The van der Waals surface area contributed by atoms with Crippen LogP contribution >= 0.6 is 11.6 Å². The molecule has 6 nitrogen and oxygen atoms in total. The van der Waals surface area contributed by atoms with Crippen molar-refractivity contribution < 1.29 is 14.4 Å². The molecule has 1 aromatic heterocycles. The third-order valence-corrected chi connectivity index (χ3v) is 5.99. The monoisotopic (exact) mass is 383 g/mol. The predicted molar refractivity (Wildman–Crippen MR) is 101 cm³/mol. The predicted octanol–water partition coefficient (Wildman–Crippen LogP) is 1.29. The summed E-state index contributed by atoms with van der Waals surface area (Å²) >= 11 is 6.29. The summed E-state index contributed by atoms with van der Waals surface area (Å²) in [6.07, 6.45) is 8.70. The van der Waals surface area contributed by atoms with Crippen LogP contribution in [0.5, 0.6) is 0 Å². The Hall–Kier alpha value is -1.11. The molecule has 0 aromatic carbocycles. The van der Waals surface area contributed by atoms with Crippen molar-refractivity contribution in [3.8, 4) is 0 Å². The molecule has 146 valence electrons. The first kappa shape index (κ1) is 19.6. The van der Waals surface area contributed by atoms with Gasteiger partial charge in [0.1, 0.15) is 18.8 Å². The van der Waals surface area contributed by atoms with Crippen LogP contribution in [0.25, 0.3) is 0 Å². The largest absolute Gasteiger partial charge is 0.370 e. The molecule has 0 spiro atoms. The van der Waals surface area contributed by atoms with Crippen molar-refractivity contribution in [2.45, 2.75) is 45.1 Å². The van der Waals surface area contributed by atoms with Crippen LogP contribution in [0.15, 0.2) is 6.20 Å². The number of quaternary nitrogens is 1. The van der Waals surface area contributed by atoms with Gasteiger partial charge in [-0.1, -0.05) is 30.9 Å². The molecule has 0 unspecified atom stereocenters. The third-order valence-electron chi connectivity index (χ3n) is 5.67. The highest BCUT2D eigenvalue weighted by molar-refractivity contribution is 6.31. The van der Waals surface area contributed by atoms with Gasteiger partial charge in [0.05, 0.1) is 37.9 Å². The third kappa shape index (κ3) is 5.69. The maximum Gasteiger partial charge on any atom is 0.223 e. The van der Waals surface area contributed by atoms with E-state index in [1.54, 1.807) is 10.9 Å². The molecule has 0 bridgehead atoms. The van der Waals surface area contributed by atoms with E-state index >= 15 is 0 Å². The number of aromatic nitrogens is 2. The van der Waals surface area contributed by atoms with Gasteiger partial charge in [-0.05, 0) is 18.8 Å². The molecule has 7 heteroatoms. The molecule has 2 aliphatic rings. The fourth-order valence-corrected chi connectivity index (χ4v) is 4.29. The average molecular weight is 384 g/mol. The zero-order valence-corrected chi connectivity index (χ0v) is 16.6. The highest BCUT2D eigenvalue weighted by atomic mass is 35.5. The first-order valence-electron chi connectivity index (χ1n) is 9.99. The van der Waals surface area contributed by atoms with Gasteiger partial charge in [0.25, 0.3) is 0 Å². The second kappa shape index (κ2) is 9.72. The maximum absolute atomic E-state index is 13.0. The minimum Gasteiger partial charge on any atom is -0.370 e. The van der Waals surface area contributed by atoms with Gasteiger partial charge < -0.3 is 14.5 Å². The van der Waals surface area contributed by atoms with E-state index in [0.29, 0.717) is 23.9 Å². The number of ether oxygens (including phenoxy) is 1. The van der Waals surface area contributed by atoms with Gasteiger partial charge in [-0.2, -0.15) is 5.10 Å². The van der Waals surface area contributed by atoms with Crippen molar-refractivity contribution in [1.29, 1.82) is 0 Å². The summed E-state index contributed by atoms with van der Waals surface area (Å²) in [6, 6.07) is 0. The van der Waals surface area contributed by atoms with Crippen molar-refractivity contribution in [3.05, 3.63) is 16.9 Å². The van der Waals surface area contributed by atoms with E-state index in [1.807, 2.05) is 11.9 Å². The number of hydrogen-bond acceptors (Lipinski definition) is 3. The smallest absolute Gasteiger partial charge is 0.223 e. The molecule has 1 aliphatic heterocycles. The molecule has 1 aliphatic carbocycles. The minimum absolute atomic E-state index is 0.256. The van der Waals surface area contributed by atoms with Crippen LogP contribution in [0.1, 0.15) is 44.2 Å². The normalized spacial score (nSPS) is 19.6. The van der Waals surface area contributed by atoms with Crippen molar-refractivity contribution in [2.75, 3.05) is 39.4 Å². The Morgan fingerprint density at radius 3 is 2.73 bits per heavy atom. The van der Waals surface area contributed by atoms with E-state index in [1.165, 1.54) is 37.0 Å².